The minimum Gasteiger partial charge on any atom is -0.461 e. The van der Waals surface area contributed by atoms with Crippen molar-refractivity contribution in [3.05, 3.63) is 0 Å². The molecule has 0 spiro atoms. The lowest BCUT2D eigenvalue weighted by Gasteiger charge is -2.35. The molecule has 0 amide bonds. The average Bonchev–Trinajstić information content (AvgIpc) is 2.29. The zero-order valence-corrected chi connectivity index (χ0v) is 12.1. The van der Waals surface area contributed by atoms with Crippen molar-refractivity contribution in [2.75, 3.05) is 0 Å². The zero-order chi connectivity index (χ0) is 16.6. The third-order valence-corrected chi connectivity index (χ3v) is 4.47. The van der Waals surface area contributed by atoms with Crippen LogP contribution in [0.5, 0.6) is 0 Å². The number of rotatable bonds is 2. The Morgan fingerprint density at radius 2 is 1.48 bits per heavy atom. The van der Waals surface area contributed by atoms with E-state index < -0.39 is 29.3 Å². The van der Waals surface area contributed by atoms with Crippen molar-refractivity contribution >= 4 is 17.6 Å². The van der Waals surface area contributed by atoms with Gasteiger partial charge in [0, 0.05) is 0 Å². The Balaban J connectivity index is 2.89. The topological polar surface area (TPSA) is 26.3 Å². The quantitative estimate of drug-likeness (QED) is 0.421. The van der Waals surface area contributed by atoms with Crippen LogP contribution in [0.1, 0.15) is 33.1 Å². The number of hydrogen-bond donors (Lipinski definition) is 0. The summed E-state index contributed by atoms with van der Waals surface area (Å²) in [4.78, 5) is 6.40. The van der Waals surface area contributed by atoms with Crippen LogP contribution < -0.4 is 0 Å². The zero-order valence-electron chi connectivity index (χ0n) is 11.3. The number of carbonyl (C=O) groups is 1. The summed E-state index contributed by atoms with van der Waals surface area (Å²) in [5.41, 5.74) is 0. The minimum absolute atomic E-state index is 0.0399. The number of ether oxygens (including phenoxy) is 1. The molecule has 2 nitrogen and oxygen atoms in total. The van der Waals surface area contributed by atoms with E-state index in [0.717, 1.165) is 0 Å². The summed E-state index contributed by atoms with van der Waals surface area (Å²) in [6.45, 7) is 3.71. The van der Waals surface area contributed by atoms with Gasteiger partial charge in [-0.3, -0.25) is 0 Å². The molecule has 0 aromatic rings. The molecule has 1 rings (SSSR count). The number of carbonyl (C=O) groups excluding carboxylic acids is 1. The fourth-order valence-electron chi connectivity index (χ4n) is 2.23. The molecule has 21 heavy (non-hydrogen) atoms. The van der Waals surface area contributed by atoms with Gasteiger partial charge >= 0.3 is 23.2 Å². The van der Waals surface area contributed by atoms with E-state index in [1.807, 2.05) is 6.92 Å². The van der Waals surface area contributed by atoms with Crippen LogP contribution in [0.3, 0.4) is 0 Å². The van der Waals surface area contributed by atoms with Crippen molar-refractivity contribution < 1.29 is 35.9 Å². The van der Waals surface area contributed by atoms with Gasteiger partial charge in [0.15, 0.2) is 0 Å². The van der Waals surface area contributed by atoms with Gasteiger partial charge in [-0.2, -0.15) is 26.3 Å². The maximum absolute atomic E-state index is 12.6. The van der Waals surface area contributed by atoms with Crippen molar-refractivity contribution in [1.82, 2.24) is 0 Å². The van der Waals surface area contributed by atoms with Crippen LogP contribution in [0.15, 0.2) is 0 Å². The van der Waals surface area contributed by atoms with Gasteiger partial charge in [0.05, 0.1) is 0 Å². The predicted molar refractivity (Wildman–Crippen MR) is 62.8 cm³/mol. The molecule has 1 aliphatic rings. The Morgan fingerprint density at radius 3 is 1.86 bits per heavy atom. The Labute approximate surface area is 122 Å². The van der Waals surface area contributed by atoms with E-state index in [1.165, 1.54) is 0 Å². The average molecular weight is 341 g/mol. The van der Waals surface area contributed by atoms with Gasteiger partial charge in [-0.1, -0.05) is 25.4 Å². The van der Waals surface area contributed by atoms with Crippen molar-refractivity contribution in [2.24, 2.45) is 11.8 Å². The first-order chi connectivity index (χ1) is 9.30. The second-order valence-corrected chi connectivity index (χ2v) is 6.02. The molecule has 0 aliphatic heterocycles. The summed E-state index contributed by atoms with van der Waals surface area (Å²) in [5, 5.41) is 0. The highest BCUT2D eigenvalue weighted by Crippen LogP contribution is 2.49. The fourth-order valence-corrected chi connectivity index (χ4v) is 2.27. The first kappa shape index (κ1) is 18.4. The van der Waals surface area contributed by atoms with E-state index >= 15 is 0 Å². The molecule has 0 radical (unpaired) electrons. The molecule has 1 saturated carbocycles. The van der Waals surface area contributed by atoms with Crippen molar-refractivity contribution in [3.8, 4) is 0 Å². The normalized spacial score (nSPS) is 28.3. The first-order valence-electron chi connectivity index (χ1n) is 6.34. The Kier molecular flexibility index (Phi) is 5.12. The molecular weight excluding hydrogens is 326 g/mol. The van der Waals surface area contributed by atoms with Gasteiger partial charge in [0.2, 0.25) is 0 Å². The van der Waals surface area contributed by atoms with Crippen LogP contribution >= 0.6 is 11.6 Å². The van der Waals surface area contributed by atoms with Gasteiger partial charge in [-0.15, -0.1) is 0 Å². The van der Waals surface area contributed by atoms with Crippen molar-refractivity contribution in [1.29, 1.82) is 0 Å². The molecule has 1 fully saturated rings. The molecule has 124 valence electrons. The second kappa shape index (κ2) is 5.85. The summed E-state index contributed by atoms with van der Waals surface area (Å²) in [5.74, 6) is -2.19. The largest absolute Gasteiger partial charge is 0.461 e. The molecular formula is C12H15ClF6O2. The third-order valence-electron chi connectivity index (χ3n) is 3.89. The molecule has 0 bridgehead atoms. The van der Waals surface area contributed by atoms with Gasteiger partial charge in [0.25, 0.3) is 0 Å². The van der Waals surface area contributed by atoms with Gasteiger partial charge in [0.1, 0.15) is 6.10 Å². The smallest absolute Gasteiger partial charge is 0.427 e. The molecule has 0 unspecified atom stereocenters. The summed E-state index contributed by atoms with van der Waals surface area (Å²) < 4.78 is 80.0. The van der Waals surface area contributed by atoms with Crippen molar-refractivity contribution in [3.63, 3.8) is 0 Å². The van der Waals surface area contributed by atoms with Crippen LogP contribution in [-0.2, 0) is 9.53 Å². The van der Waals surface area contributed by atoms with E-state index in [-0.39, 0.29) is 24.7 Å². The number of alkyl halides is 7. The predicted octanol–water partition coefficient (Wildman–Crippen LogP) is 4.46. The number of halogens is 7. The molecule has 3 atom stereocenters. The monoisotopic (exact) mass is 340 g/mol. The van der Waals surface area contributed by atoms with E-state index in [4.69, 9.17) is 0 Å². The lowest BCUT2D eigenvalue weighted by molar-refractivity contribution is -0.270. The minimum atomic E-state index is -5.99. The van der Waals surface area contributed by atoms with Crippen LogP contribution in [0.2, 0.25) is 0 Å². The third kappa shape index (κ3) is 3.57. The molecule has 9 heteroatoms. The SMILES string of the molecule is C[C@H]1CC[C@@H](OC(=O)C(Cl)(C(F)(F)F)C(F)(F)F)C[C@@H]1C. The maximum atomic E-state index is 12.6. The number of esters is 1. The summed E-state index contributed by atoms with van der Waals surface area (Å²) in [7, 11) is 0. The van der Waals surface area contributed by atoms with Gasteiger partial charge < -0.3 is 4.74 Å². The van der Waals surface area contributed by atoms with E-state index in [9.17, 15) is 31.1 Å². The van der Waals surface area contributed by atoms with Crippen LogP contribution in [0.4, 0.5) is 26.3 Å². The molecule has 1 aliphatic carbocycles. The highest BCUT2D eigenvalue weighted by molar-refractivity contribution is 6.35. The lowest BCUT2D eigenvalue weighted by atomic mass is 9.80. The Morgan fingerprint density at radius 1 is 1.00 bits per heavy atom. The summed E-state index contributed by atoms with van der Waals surface area (Å²) in [6, 6.07) is 0. The maximum Gasteiger partial charge on any atom is 0.427 e. The molecule has 0 heterocycles. The van der Waals surface area contributed by atoms with Crippen LogP contribution in [0.25, 0.3) is 0 Å². The molecule has 0 N–H and O–H groups in total. The lowest BCUT2D eigenvalue weighted by Crippen LogP contribution is -2.59. The highest BCUT2D eigenvalue weighted by atomic mass is 35.5. The first-order valence-corrected chi connectivity index (χ1v) is 6.72. The highest BCUT2D eigenvalue weighted by Gasteiger charge is 2.76. The molecule has 0 aromatic carbocycles. The van der Waals surface area contributed by atoms with E-state index in [1.54, 1.807) is 6.92 Å². The summed E-state index contributed by atoms with van der Waals surface area (Å²) >= 11 is 4.60. The van der Waals surface area contributed by atoms with Gasteiger partial charge in [-0.25, -0.2) is 4.79 Å². The van der Waals surface area contributed by atoms with E-state index in [0.29, 0.717) is 6.42 Å². The Hall–Kier alpha value is -0.660. The summed E-state index contributed by atoms with van der Waals surface area (Å²) in [6.07, 6.45) is -12.0. The van der Waals surface area contributed by atoms with Crippen LogP contribution in [0, 0.1) is 11.8 Å². The van der Waals surface area contributed by atoms with Gasteiger partial charge in [-0.05, 0) is 31.1 Å². The van der Waals surface area contributed by atoms with E-state index in [2.05, 4.69) is 16.3 Å². The standard InChI is InChI=1S/C12H15ClF6O2/c1-6-3-4-8(5-7(6)2)21-9(20)10(13,11(14,15)16)12(17,18)19/h6-8H,3-5H2,1-2H3/t6-,7-,8+/m0/s1. The van der Waals surface area contributed by atoms with Crippen LogP contribution in [-0.4, -0.2) is 29.3 Å². The fraction of sp³-hybridized carbons (Fsp3) is 0.917. The van der Waals surface area contributed by atoms with Crippen molar-refractivity contribution in [2.45, 2.75) is 56.4 Å². The Bertz CT molecular complexity index is 378. The molecule has 0 aromatic heterocycles. The second-order valence-electron chi connectivity index (χ2n) is 5.45. The molecule has 0 saturated heterocycles. The number of hydrogen-bond acceptors (Lipinski definition) is 2.